The van der Waals surface area contributed by atoms with Crippen LogP contribution in [0.15, 0.2) is 48.5 Å². The third kappa shape index (κ3) is 6.45. The Morgan fingerprint density at radius 1 is 1.00 bits per heavy atom. The van der Waals surface area contributed by atoms with Crippen molar-refractivity contribution < 1.29 is 9.53 Å². The molecule has 1 aliphatic heterocycles. The minimum absolute atomic E-state index is 0. The fraction of sp³-hybridized carbons (Fsp3) is 0.381. The molecule has 2 aromatic carbocycles. The van der Waals surface area contributed by atoms with E-state index in [1.54, 1.807) is 0 Å². The number of benzene rings is 2. The number of carbonyl (C=O) groups excluding carboxylic acids is 1. The largest absolute Gasteiger partial charge is 0.381 e. The van der Waals surface area contributed by atoms with Crippen molar-refractivity contribution in [3.8, 4) is 0 Å². The van der Waals surface area contributed by atoms with Gasteiger partial charge in [0.1, 0.15) is 0 Å². The molecule has 140 valence electrons. The molecular formula is C21H27ClN2O2. The van der Waals surface area contributed by atoms with Crippen molar-refractivity contribution in [2.75, 3.05) is 13.2 Å². The van der Waals surface area contributed by atoms with Crippen LogP contribution in [-0.4, -0.2) is 19.1 Å². The summed E-state index contributed by atoms with van der Waals surface area (Å²) >= 11 is 0. The number of nitrogens with one attached hydrogen (secondary N) is 2. The van der Waals surface area contributed by atoms with Crippen LogP contribution in [0.25, 0.3) is 0 Å². The van der Waals surface area contributed by atoms with E-state index in [1.807, 2.05) is 18.2 Å². The van der Waals surface area contributed by atoms with Crippen molar-refractivity contribution in [1.29, 1.82) is 0 Å². The van der Waals surface area contributed by atoms with Crippen molar-refractivity contribution in [2.45, 2.75) is 38.9 Å². The van der Waals surface area contributed by atoms with Crippen LogP contribution >= 0.6 is 12.4 Å². The molecule has 0 saturated carbocycles. The van der Waals surface area contributed by atoms with Gasteiger partial charge in [-0.3, -0.25) is 4.79 Å². The molecule has 2 N–H and O–H groups in total. The number of amides is 1. The molecular weight excluding hydrogens is 348 g/mol. The summed E-state index contributed by atoms with van der Waals surface area (Å²) in [5.74, 6) is 0.0882. The Balaban J connectivity index is 0.00000243. The van der Waals surface area contributed by atoms with Crippen molar-refractivity contribution in [3.63, 3.8) is 0 Å². The van der Waals surface area contributed by atoms with Gasteiger partial charge in [-0.1, -0.05) is 48.5 Å². The average Bonchev–Trinajstić information content (AvgIpc) is 3.11. The normalized spacial score (nSPS) is 12.3. The lowest BCUT2D eigenvalue weighted by Gasteiger charge is -2.08. The molecule has 0 radical (unpaired) electrons. The SMILES string of the molecule is Cl.O=C(CCCOCCc1ccccc1)NCc1ccc2c(c1)CNC2. The smallest absolute Gasteiger partial charge is 0.220 e. The predicted octanol–water partition coefficient (Wildman–Crippen LogP) is 3.37. The molecule has 0 atom stereocenters. The zero-order valence-electron chi connectivity index (χ0n) is 15.0. The molecule has 0 fully saturated rings. The summed E-state index contributed by atoms with van der Waals surface area (Å²) in [6.07, 6.45) is 2.19. The van der Waals surface area contributed by atoms with E-state index in [9.17, 15) is 4.79 Å². The Hall–Kier alpha value is -1.88. The van der Waals surface area contributed by atoms with Gasteiger partial charge < -0.3 is 15.4 Å². The lowest BCUT2D eigenvalue weighted by Crippen LogP contribution is -2.22. The highest BCUT2D eigenvalue weighted by atomic mass is 35.5. The second-order valence-electron chi connectivity index (χ2n) is 6.43. The topological polar surface area (TPSA) is 50.4 Å². The second-order valence-corrected chi connectivity index (χ2v) is 6.43. The first-order valence-corrected chi connectivity index (χ1v) is 9.01. The molecule has 1 amide bonds. The van der Waals surface area contributed by atoms with Crippen LogP contribution in [0.3, 0.4) is 0 Å². The van der Waals surface area contributed by atoms with Crippen LogP contribution in [-0.2, 0) is 35.6 Å². The fourth-order valence-electron chi connectivity index (χ4n) is 3.02. The van der Waals surface area contributed by atoms with Crippen LogP contribution in [0.4, 0.5) is 0 Å². The summed E-state index contributed by atoms with van der Waals surface area (Å²) in [6.45, 7) is 3.81. The van der Waals surface area contributed by atoms with E-state index >= 15 is 0 Å². The summed E-state index contributed by atoms with van der Waals surface area (Å²) in [6, 6.07) is 16.7. The summed E-state index contributed by atoms with van der Waals surface area (Å²) in [5.41, 5.74) is 5.15. The summed E-state index contributed by atoms with van der Waals surface area (Å²) in [5, 5.41) is 6.33. The van der Waals surface area contributed by atoms with Gasteiger partial charge in [0.15, 0.2) is 0 Å². The van der Waals surface area contributed by atoms with Crippen LogP contribution in [0.1, 0.15) is 35.1 Å². The molecule has 0 unspecified atom stereocenters. The van der Waals surface area contributed by atoms with Crippen molar-refractivity contribution in [3.05, 3.63) is 70.8 Å². The Kier molecular flexibility index (Phi) is 8.62. The van der Waals surface area contributed by atoms with Crippen LogP contribution < -0.4 is 10.6 Å². The van der Waals surface area contributed by atoms with Gasteiger partial charge in [0, 0.05) is 32.7 Å². The Bertz CT molecular complexity index is 692. The van der Waals surface area contributed by atoms with E-state index in [-0.39, 0.29) is 18.3 Å². The van der Waals surface area contributed by atoms with Gasteiger partial charge in [0.25, 0.3) is 0 Å². The molecule has 5 heteroatoms. The molecule has 1 aliphatic rings. The first-order chi connectivity index (χ1) is 12.3. The maximum Gasteiger partial charge on any atom is 0.220 e. The quantitative estimate of drug-likeness (QED) is 0.662. The van der Waals surface area contributed by atoms with Gasteiger partial charge >= 0.3 is 0 Å². The van der Waals surface area contributed by atoms with Crippen LogP contribution in [0.2, 0.25) is 0 Å². The number of rotatable bonds is 9. The second kappa shape index (κ2) is 11.0. The zero-order chi connectivity index (χ0) is 17.3. The number of hydrogen-bond donors (Lipinski definition) is 2. The molecule has 26 heavy (non-hydrogen) atoms. The molecule has 0 aromatic heterocycles. The van der Waals surface area contributed by atoms with Crippen LogP contribution in [0, 0.1) is 0 Å². The molecule has 4 nitrogen and oxygen atoms in total. The molecule has 2 aromatic rings. The highest BCUT2D eigenvalue weighted by Crippen LogP contribution is 2.16. The minimum Gasteiger partial charge on any atom is -0.381 e. The van der Waals surface area contributed by atoms with Gasteiger partial charge in [-0.15, -0.1) is 12.4 Å². The molecule has 0 aliphatic carbocycles. The number of ether oxygens (including phenoxy) is 1. The van der Waals surface area contributed by atoms with E-state index in [2.05, 4.69) is 41.0 Å². The van der Waals surface area contributed by atoms with Gasteiger partial charge in [0.05, 0.1) is 6.61 Å². The van der Waals surface area contributed by atoms with Gasteiger partial charge in [-0.2, -0.15) is 0 Å². The first-order valence-electron chi connectivity index (χ1n) is 9.01. The lowest BCUT2D eigenvalue weighted by atomic mass is 10.1. The fourth-order valence-corrected chi connectivity index (χ4v) is 3.02. The monoisotopic (exact) mass is 374 g/mol. The lowest BCUT2D eigenvalue weighted by molar-refractivity contribution is -0.121. The number of halogens is 1. The van der Waals surface area contributed by atoms with E-state index in [1.165, 1.54) is 16.7 Å². The predicted molar refractivity (Wildman–Crippen MR) is 106 cm³/mol. The van der Waals surface area contributed by atoms with Crippen molar-refractivity contribution in [1.82, 2.24) is 10.6 Å². The molecule has 0 saturated heterocycles. The molecule has 3 rings (SSSR count). The molecule has 0 bridgehead atoms. The maximum absolute atomic E-state index is 11.9. The Morgan fingerprint density at radius 2 is 1.81 bits per heavy atom. The highest BCUT2D eigenvalue weighted by Gasteiger charge is 2.10. The molecule has 0 spiro atoms. The maximum atomic E-state index is 11.9. The number of hydrogen-bond acceptors (Lipinski definition) is 3. The van der Waals surface area contributed by atoms with E-state index in [0.29, 0.717) is 26.2 Å². The van der Waals surface area contributed by atoms with Gasteiger partial charge in [0.2, 0.25) is 5.91 Å². The number of fused-ring (bicyclic) bond motifs is 1. The van der Waals surface area contributed by atoms with Crippen LogP contribution in [0.5, 0.6) is 0 Å². The van der Waals surface area contributed by atoms with E-state index < -0.39 is 0 Å². The van der Waals surface area contributed by atoms with Crippen molar-refractivity contribution in [2.24, 2.45) is 0 Å². The third-order valence-corrected chi connectivity index (χ3v) is 4.46. The minimum atomic E-state index is 0. The van der Waals surface area contributed by atoms with E-state index in [0.717, 1.165) is 31.5 Å². The Labute approximate surface area is 161 Å². The van der Waals surface area contributed by atoms with Gasteiger partial charge in [-0.25, -0.2) is 0 Å². The van der Waals surface area contributed by atoms with Crippen molar-refractivity contribution >= 4 is 18.3 Å². The third-order valence-electron chi connectivity index (χ3n) is 4.46. The highest BCUT2D eigenvalue weighted by molar-refractivity contribution is 5.85. The number of carbonyl (C=O) groups is 1. The zero-order valence-corrected chi connectivity index (χ0v) is 15.8. The summed E-state index contributed by atoms with van der Waals surface area (Å²) in [4.78, 5) is 11.9. The summed E-state index contributed by atoms with van der Waals surface area (Å²) < 4.78 is 5.61. The first kappa shape index (κ1) is 20.4. The van der Waals surface area contributed by atoms with E-state index in [4.69, 9.17) is 4.74 Å². The standard InChI is InChI=1S/C21H26N2O2.ClH/c24-21(7-4-11-25-12-10-17-5-2-1-3-6-17)23-14-18-8-9-19-15-22-16-20(19)13-18;/h1-3,5-6,8-9,13,22H,4,7,10-12,14-16H2,(H,23,24);1H. The molecule has 1 heterocycles. The Morgan fingerprint density at radius 3 is 2.65 bits per heavy atom. The summed E-state index contributed by atoms with van der Waals surface area (Å²) in [7, 11) is 0. The average molecular weight is 375 g/mol. The van der Waals surface area contributed by atoms with Gasteiger partial charge in [-0.05, 0) is 35.1 Å².